The van der Waals surface area contributed by atoms with E-state index in [4.69, 9.17) is 9.47 Å². The predicted molar refractivity (Wildman–Crippen MR) is 132 cm³/mol. The van der Waals surface area contributed by atoms with Crippen molar-refractivity contribution in [2.75, 3.05) is 52.0 Å². The lowest BCUT2D eigenvalue weighted by Crippen LogP contribution is -2.50. The van der Waals surface area contributed by atoms with Crippen LogP contribution in [-0.2, 0) is 9.53 Å². The molecule has 0 spiro atoms. The number of morpholine rings is 1. The Morgan fingerprint density at radius 3 is 2.42 bits per heavy atom. The Morgan fingerprint density at radius 2 is 1.79 bits per heavy atom. The number of nitrogens with one attached hydrogen (secondary N) is 2. The maximum Gasteiger partial charge on any atom is 0.251 e. The van der Waals surface area contributed by atoms with Crippen molar-refractivity contribution in [2.24, 2.45) is 0 Å². The second-order valence-corrected chi connectivity index (χ2v) is 8.84. The topological polar surface area (TPSA) is 79.9 Å². The average Bonchev–Trinajstić information content (AvgIpc) is 2.88. The molecule has 7 nitrogen and oxygen atoms in total. The summed E-state index contributed by atoms with van der Waals surface area (Å²) in [6, 6.07) is 16.3. The van der Waals surface area contributed by atoms with E-state index < -0.39 is 6.04 Å². The number of thioether (sulfide) groups is 1. The van der Waals surface area contributed by atoms with Gasteiger partial charge in [0, 0.05) is 25.2 Å². The van der Waals surface area contributed by atoms with E-state index in [1.165, 1.54) is 0 Å². The van der Waals surface area contributed by atoms with E-state index in [9.17, 15) is 9.59 Å². The number of hydrogen-bond donors (Lipinski definition) is 2. The molecule has 1 saturated heterocycles. The number of carbonyl (C=O) groups is 2. The van der Waals surface area contributed by atoms with Crippen molar-refractivity contribution in [1.82, 2.24) is 15.5 Å². The van der Waals surface area contributed by atoms with Gasteiger partial charge in [0.1, 0.15) is 11.8 Å². The molecule has 33 heavy (non-hydrogen) atoms. The fraction of sp³-hybridized carbons (Fsp3) is 0.440. The van der Waals surface area contributed by atoms with Gasteiger partial charge < -0.3 is 20.1 Å². The highest BCUT2D eigenvalue weighted by Crippen LogP contribution is 2.23. The number of amides is 2. The number of rotatable bonds is 11. The Labute approximate surface area is 200 Å². The Balaban J connectivity index is 1.68. The van der Waals surface area contributed by atoms with Crippen LogP contribution in [-0.4, -0.2) is 74.7 Å². The molecule has 8 heteroatoms. The van der Waals surface area contributed by atoms with Crippen molar-refractivity contribution in [2.45, 2.75) is 18.5 Å². The number of nitrogens with zero attached hydrogens (tertiary/aromatic N) is 1. The van der Waals surface area contributed by atoms with Gasteiger partial charge in [-0.25, -0.2) is 0 Å². The van der Waals surface area contributed by atoms with Crippen LogP contribution in [0.25, 0.3) is 0 Å². The summed E-state index contributed by atoms with van der Waals surface area (Å²) in [5.74, 6) is 1.17. The van der Waals surface area contributed by atoms with Crippen molar-refractivity contribution in [3.8, 4) is 5.75 Å². The van der Waals surface area contributed by atoms with Gasteiger partial charge in [-0.2, -0.15) is 11.8 Å². The summed E-state index contributed by atoms with van der Waals surface area (Å²) in [7, 11) is 1.65. The minimum Gasteiger partial charge on any atom is -0.497 e. The zero-order chi connectivity index (χ0) is 23.5. The third-order valence-corrected chi connectivity index (χ3v) is 6.37. The predicted octanol–water partition coefficient (Wildman–Crippen LogP) is 2.74. The van der Waals surface area contributed by atoms with Crippen LogP contribution in [0.2, 0.25) is 0 Å². The van der Waals surface area contributed by atoms with E-state index in [-0.39, 0.29) is 17.9 Å². The molecule has 2 aromatic carbocycles. The van der Waals surface area contributed by atoms with Gasteiger partial charge in [0.05, 0.1) is 26.4 Å². The van der Waals surface area contributed by atoms with Crippen LogP contribution in [0, 0.1) is 0 Å². The lowest BCUT2D eigenvalue weighted by molar-refractivity contribution is -0.123. The average molecular weight is 472 g/mol. The Kier molecular flexibility index (Phi) is 10.1. The van der Waals surface area contributed by atoms with Crippen molar-refractivity contribution in [3.05, 3.63) is 65.7 Å². The van der Waals surface area contributed by atoms with E-state index in [0.29, 0.717) is 31.7 Å². The summed E-state index contributed by atoms with van der Waals surface area (Å²) < 4.78 is 10.8. The first-order valence-electron chi connectivity index (χ1n) is 11.2. The Bertz CT molecular complexity index is 873. The van der Waals surface area contributed by atoms with Crippen molar-refractivity contribution in [3.63, 3.8) is 0 Å². The van der Waals surface area contributed by atoms with E-state index in [2.05, 4.69) is 15.5 Å². The first-order chi connectivity index (χ1) is 16.1. The van der Waals surface area contributed by atoms with E-state index in [0.717, 1.165) is 30.2 Å². The highest BCUT2D eigenvalue weighted by atomic mass is 32.2. The molecular weight excluding hydrogens is 438 g/mol. The first-order valence-corrected chi connectivity index (χ1v) is 12.6. The Morgan fingerprint density at radius 1 is 1.09 bits per heavy atom. The van der Waals surface area contributed by atoms with Crippen LogP contribution in [0.15, 0.2) is 54.6 Å². The fourth-order valence-electron chi connectivity index (χ4n) is 3.83. The highest BCUT2D eigenvalue weighted by Gasteiger charge is 2.26. The largest absolute Gasteiger partial charge is 0.497 e. The fourth-order valence-corrected chi connectivity index (χ4v) is 4.30. The van der Waals surface area contributed by atoms with Gasteiger partial charge in [-0.15, -0.1) is 0 Å². The van der Waals surface area contributed by atoms with Crippen LogP contribution >= 0.6 is 11.8 Å². The third-order valence-electron chi connectivity index (χ3n) is 5.73. The zero-order valence-corrected chi connectivity index (χ0v) is 20.1. The molecule has 3 rings (SSSR count). The van der Waals surface area contributed by atoms with Crippen LogP contribution in [0.4, 0.5) is 0 Å². The van der Waals surface area contributed by atoms with E-state index in [1.807, 2.05) is 48.7 Å². The molecule has 2 amide bonds. The minimum atomic E-state index is -0.591. The van der Waals surface area contributed by atoms with Gasteiger partial charge in [-0.3, -0.25) is 14.5 Å². The van der Waals surface area contributed by atoms with Gasteiger partial charge >= 0.3 is 0 Å². The summed E-state index contributed by atoms with van der Waals surface area (Å²) in [5, 5.41) is 6.01. The molecule has 178 valence electrons. The molecule has 2 atom stereocenters. The van der Waals surface area contributed by atoms with Gasteiger partial charge in [-0.1, -0.05) is 30.3 Å². The maximum absolute atomic E-state index is 13.1. The molecule has 0 unspecified atom stereocenters. The molecule has 1 fully saturated rings. The van der Waals surface area contributed by atoms with Crippen LogP contribution in [0.5, 0.6) is 5.75 Å². The molecule has 0 saturated carbocycles. The van der Waals surface area contributed by atoms with Gasteiger partial charge in [0.25, 0.3) is 5.91 Å². The Hall–Kier alpha value is -2.55. The van der Waals surface area contributed by atoms with Gasteiger partial charge in [0.2, 0.25) is 5.91 Å². The lowest BCUT2D eigenvalue weighted by Gasteiger charge is -2.35. The highest BCUT2D eigenvalue weighted by molar-refractivity contribution is 7.98. The molecule has 0 radical (unpaired) electrons. The number of carbonyl (C=O) groups excluding carboxylic acids is 2. The summed E-state index contributed by atoms with van der Waals surface area (Å²) in [5.41, 5.74) is 1.65. The molecule has 1 aliphatic rings. The molecule has 2 aromatic rings. The SMILES string of the molecule is COc1ccc([C@@H](CNC(=O)[C@H](CCSC)NC(=O)c2ccccc2)N2CCOCC2)cc1. The number of benzene rings is 2. The van der Waals surface area contributed by atoms with Crippen molar-refractivity contribution < 1.29 is 19.1 Å². The summed E-state index contributed by atoms with van der Waals surface area (Å²) >= 11 is 1.65. The monoisotopic (exact) mass is 471 g/mol. The third kappa shape index (κ3) is 7.48. The number of ether oxygens (including phenoxy) is 2. The minimum absolute atomic E-state index is 0.00906. The molecule has 2 N–H and O–H groups in total. The van der Waals surface area contributed by atoms with E-state index in [1.54, 1.807) is 31.0 Å². The zero-order valence-electron chi connectivity index (χ0n) is 19.3. The molecule has 0 aromatic heterocycles. The standard InChI is InChI=1S/C25H33N3O4S/c1-31-21-10-8-19(9-11-21)23(28-13-15-32-16-14-28)18-26-25(30)22(12-17-33-2)27-24(29)20-6-4-3-5-7-20/h3-11,22-23H,12-18H2,1-2H3,(H,26,30)(H,27,29)/t22-,23+/m0/s1. The first kappa shape index (κ1) is 25.1. The van der Waals surface area contributed by atoms with Crippen LogP contribution < -0.4 is 15.4 Å². The quantitative estimate of drug-likeness (QED) is 0.525. The number of hydrogen-bond acceptors (Lipinski definition) is 6. The molecule has 0 aliphatic carbocycles. The van der Waals surface area contributed by atoms with Gasteiger partial charge in [0.15, 0.2) is 0 Å². The number of methoxy groups -OCH3 is 1. The summed E-state index contributed by atoms with van der Waals surface area (Å²) in [6.45, 7) is 3.39. The second kappa shape index (κ2) is 13.2. The molecular formula is C25H33N3O4S. The molecule has 1 aliphatic heterocycles. The van der Waals surface area contributed by atoms with Crippen molar-refractivity contribution in [1.29, 1.82) is 0 Å². The van der Waals surface area contributed by atoms with E-state index >= 15 is 0 Å². The summed E-state index contributed by atoms with van der Waals surface area (Å²) in [6.07, 6.45) is 2.56. The van der Waals surface area contributed by atoms with Gasteiger partial charge in [-0.05, 0) is 48.3 Å². The maximum atomic E-state index is 13.1. The summed E-state index contributed by atoms with van der Waals surface area (Å²) in [4.78, 5) is 28.1. The smallest absolute Gasteiger partial charge is 0.251 e. The normalized spacial score (nSPS) is 15.9. The second-order valence-electron chi connectivity index (χ2n) is 7.86. The molecule has 1 heterocycles. The molecule has 0 bridgehead atoms. The van der Waals surface area contributed by atoms with Crippen molar-refractivity contribution >= 4 is 23.6 Å². The lowest BCUT2D eigenvalue weighted by atomic mass is 10.0. The van der Waals surface area contributed by atoms with Crippen LogP contribution in [0.1, 0.15) is 28.4 Å². The van der Waals surface area contributed by atoms with Crippen LogP contribution in [0.3, 0.4) is 0 Å².